The maximum Gasteiger partial charge on any atom is 0.0960 e. The van der Waals surface area contributed by atoms with E-state index in [2.05, 4.69) is 11.1 Å². The highest BCUT2D eigenvalue weighted by Crippen LogP contribution is 2.22. The maximum absolute atomic E-state index is 5.77. The summed E-state index contributed by atoms with van der Waals surface area (Å²) in [4.78, 5) is 4.39. The lowest BCUT2D eigenvalue weighted by Gasteiger charge is -2.09. The molecule has 2 rings (SSSR count). The van der Waals surface area contributed by atoms with Gasteiger partial charge in [0.1, 0.15) is 0 Å². The number of aromatic nitrogens is 1. The normalized spacial score (nSPS) is 22.2. The van der Waals surface area contributed by atoms with Gasteiger partial charge in [-0.1, -0.05) is 6.07 Å². The number of ether oxygens (including phenoxy) is 1. The van der Waals surface area contributed by atoms with Gasteiger partial charge in [0, 0.05) is 24.6 Å². The second-order valence-electron chi connectivity index (χ2n) is 4.16. The number of pyridine rings is 1. The first-order valence-electron chi connectivity index (χ1n) is 5.71. The topological polar surface area (TPSA) is 48.1 Å². The molecule has 2 N–H and O–H groups in total. The van der Waals surface area contributed by atoms with Gasteiger partial charge in [-0.25, -0.2) is 4.98 Å². The molecule has 2 heterocycles. The van der Waals surface area contributed by atoms with Gasteiger partial charge in [0.05, 0.1) is 11.1 Å². The molecule has 4 heteroatoms. The summed E-state index contributed by atoms with van der Waals surface area (Å²) in [5.41, 5.74) is 6.86. The van der Waals surface area contributed by atoms with Crippen molar-refractivity contribution < 1.29 is 4.74 Å². The smallest absolute Gasteiger partial charge is 0.0960 e. The Morgan fingerprint density at radius 1 is 1.62 bits per heavy atom. The molecule has 16 heavy (non-hydrogen) atoms. The molecular formula is C12H18N2OS. The molecule has 3 nitrogen and oxygen atoms in total. The number of hydrogen-bond donors (Lipinski definition) is 1. The zero-order chi connectivity index (χ0) is 11.4. The van der Waals surface area contributed by atoms with Gasteiger partial charge in [-0.05, 0) is 31.4 Å². The van der Waals surface area contributed by atoms with Gasteiger partial charge in [-0.3, -0.25) is 0 Å². The lowest BCUT2D eigenvalue weighted by atomic mass is 10.2. The van der Waals surface area contributed by atoms with Crippen molar-refractivity contribution in [2.24, 2.45) is 5.73 Å². The average molecular weight is 238 g/mol. The van der Waals surface area contributed by atoms with E-state index in [4.69, 9.17) is 10.5 Å². The van der Waals surface area contributed by atoms with Crippen LogP contribution in [0, 0.1) is 0 Å². The standard InChI is InChI=1S/C12H18N2OS/c1-9(13)10-4-5-12(14-7-10)16-8-11-3-2-6-15-11/h4-5,7,9,11H,2-3,6,8,13H2,1H3. The SMILES string of the molecule is CC(N)c1ccc(SCC2CCCO2)nc1. The summed E-state index contributed by atoms with van der Waals surface area (Å²) in [6.45, 7) is 2.89. The molecule has 1 aliphatic heterocycles. The molecule has 1 aromatic heterocycles. The third-order valence-corrected chi connectivity index (χ3v) is 3.80. The fourth-order valence-corrected chi connectivity index (χ4v) is 2.61. The fraction of sp³-hybridized carbons (Fsp3) is 0.583. The Kier molecular flexibility index (Phi) is 4.21. The second-order valence-corrected chi connectivity index (χ2v) is 5.20. The highest BCUT2D eigenvalue weighted by atomic mass is 32.2. The van der Waals surface area contributed by atoms with Gasteiger partial charge in [0.2, 0.25) is 0 Å². The molecule has 0 radical (unpaired) electrons. The summed E-state index contributed by atoms with van der Waals surface area (Å²) in [5, 5.41) is 1.06. The van der Waals surface area contributed by atoms with Crippen molar-refractivity contribution in [2.75, 3.05) is 12.4 Å². The molecule has 0 spiro atoms. The van der Waals surface area contributed by atoms with Gasteiger partial charge in [0.25, 0.3) is 0 Å². The van der Waals surface area contributed by atoms with Crippen molar-refractivity contribution in [3.8, 4) is 0 Å². The Labute approximate surface area is 101 Å². The van der Waals surface area contributed by atoms with Crippen LogP contribution >= 0.6 is 11.8 Å². The summed E-state index contributed by atoms with van der Waals surface area (Å²) in [7, 11) is 0. The molecular weight excluding hydrogens is 220 g/mol. The van der Waals surface area contributed by atoms with Crippen molar-refractivity contribution in [3.05, 3.63) is 23.9 Å². The summed E-state index contributed by atoms with van der Waals surface area (Å²) in [6.07, 6.45) is 4.66. The van der Waals surface area contributed by atoms with Gasteiger partial charge in [-0.2, -0.15) is 0 Å². The first kappa shape index (κ1) is 11.9. The summed E-state index contributed by atoms with van der Waals surface area (Å²) in [5.74, 6) is 1.00. The van der Waals surface area contributed by atoms with E-state index in [-0.39, 0.29) is 6.04 Å². The number of hydrogen-bond acceptors (Lipinski definition) is 4. The molecule has 1 aliphatic rings. The number of rotatable bonds is 4. The summed E-state index contributed by atoms with van der Waals surface area (Å²) in [6, 6.07) is 4.15. The van der Waals surface area contributed by atoms with E-state index in [9.17, 15) is 0 Å². The molecule has 0 saturated carbocycles. The quantitative estimate of drug-likeness (QED) is 0.818. The molecule has 1 fully saturated rings. The molecule has 88 valence electrons. The van der Waals surface area contributed by atoms with E-state index in [0.717, 1.165) is 22.9 Å². The van der Waals surface area contributed by atoms with E-state index < -0.39 is 0 Å². The summed E-state index contributed by atoms with van der Waals surface area (Å²) >= 11 is 1.76. The van der Waals surface area contributed by atoms with E-state index in [1.54, 1.807) is 11.8 Å². The molecule has 0 aliphatic carbocycles. The minimum atomic E-state index is 0.0599. The predicted molar refractivity (Wildman–Crippen MR) is 66.5 cm³/mol. The van der Waals surface area contributed by atoms with E-state index >= 15 is 0 Å². The first-order valence-corrected chi connectivity index (χ1v) is 6.70. The van der Waals surface area contributed by atoms with Crippen LogP contribution in [0.1, 0.15) is 31.4 Å². The van der Waals surface area contributed by atoms with Gasteiger partial charge in [-0.15, -0.1) is 11.8 Å². The maximum atomic E-state index is 5.77. The zero-order valence-corrected chi connectivity index (χ0v) is 10.4. The lowest BCUT2D eigenvalue weighted by molar-refractivity contribution is 0.129. The number of thioether (sulfide) groups is 1. The Hall–Kier alpha value is -0.580. The van der Waals surface area contributed by atoms with Crippen LogP contribution in [0.15, 0.2) is 23.4 Å². The van der Waals surface area contributed by atoms with Gasteiger partial charge >= 0.3 is 0 Å². The first-order chi connectivity index (χ1) is 7.75. The summed E-state index contributed by atoms with van der Waals surface area (Å²) < 4.78 is 5.57. The monoisotopic (exact) mass is 238 g/mol. The van der Waals surface area contributed by atoms with Crippen LogP contribution < -0.4 is 5.73 Å². The van der Waals surface area contributed by atoms with Crippen molar-refractivity contribution >= 4 is 11.8 Å². The Bertz CT molecular complexity index is 320. The van der Waals surface area contributed by atoms with Crippen molar-refractivity contribution in [1.82, 2.24) is 4.98 Å². The number of nitrogens with zero attached hydrogens (tertiary/aromatic N) is 1. The highest BCUT2D eigenvalue weighted by molar-refractivity contribution is 7.99. The molecule has 1 aromatic rings. The largest absolute Gasteiger partial charge is 0.377 e. The van der Waals surface area contributed by atoms with Gasteiger partial charge < -0.3 is 10.5 Å². The van der Waals surface area contributed by atoms with Gasteiger partial charge in [0.15, 0.2) is 0 Å². The third kappa shape index (κ3) is 3.20. The molecule has 2 atom stereocenters. The van der Waals surface area contributed by atoms with E-state index in [1.807, 2.05) is 19.2 Å². The number of nitrogens with two attached hydrogens (primary N) is 1. The minimum Gasteiger partial charge on any atom is -0.377 e. The average Bonchev–Trinajstić information content (AvgIpc) is 2.80. The van der Waals surface area contributed by atoms with Crippen LogP contribution in [0.3, 0.4) is 0 Å². The highest BCUT2D eigenvalue weighted by Gasteiger charge is 2.15. The van der Waals surface area contributed by atoms with E-state index in [0.29, 0.717) is 6.10 Å². The Morgan fingerprint density at radius 3 is 3.06 bits per heavy atom. The van der Waals surface area contributed by atoms with E-state index in [1.165, 1.54) is 12.8 Å². The third-order valence-electron chi connectivity index (χ3n) is 2.73. The lowest BCUT2D eigenvalue weighted by Crippen LogP contribution is -2.08. The Morgan fingerprint density at radius 2 is 2.50 bits per heavy atom. The fourth-order valence-electron chi connectivity index (χ4n) is 1.70. The van der Waals surface area contributed by atoms with Crippen LogP contribution in [0.2, 0.25) is 0 Å². The molecule has 0 aromatic carbocycles. The molecule has 0 bridgehead atoms. The van der Waals surface area contributed by atoms with Crippen LogP contribution in [0.25, 0.3) is 0 Å². The molecule has 0 amide bonds. The minimum absolute atomic E-state index is 0.0599. The van der Waals surface area contributed by atoms with Crippen molar-refractivity contribution in [3.63, 3.8) is 0 Å². The van der Waals surface area contributed by atoms with Crippen molar-refractivity contribution in [2.45, 2.75) is 36.9 Å². The predicted octanol–water partition coefficient (Wildman–Crippen LogP) is 2.37. The molecule has 1 saturated heterocycles. The zero-order valence-electron chi connectivity index (χ0n) is 9.56. The van der Waals surface area contributed by atoms with Crippen LogP contribution in [-0.2, 0) is 4.74 Å². The van der Waals surface area contributed by atoms with Crippen LogP contribution in [0.5, 0.6) is 0 Å². The van der Waals surface area contributed by atoms with Crippen LogP contribution in [0.4, 0.5) is 0 Å². The van der Waals surface area contributed by atoms with Crippen molar-refractivity contribution in [1.29, 1.82) is 0 Å². The Balaban J connectivity index is 1.84. The van der Waals surface area contributed by atoms with Crippen LogP contribution in [-0.4, -0.2) is 23.4 Å². The second kappa shape index (κ2) is 5.66. The molecule has 2 unspecified atom stereocenters.